The lowest BCUT2D eigenvalue weighted by atomic mass is 10.1. The first kappa shape index (κ1) is 16.7. The fourth-order valence-electron chi connectivity index (χ4n) is 2.46. The topological polar surface area (TPSA) is 98.9 Å². The summed E-state index contributed by atoms with van der Waals surface area (Å²) in [5, 5.41) is 22.6. The molecule has 7 heteroatoms. The number of rotatable bonds is 5. The van der Waals surface area contributed by atoms with Crippen molar-refractivity contribution in [1.29, 1.82) is 5.26 Å². The van der Waals surface area contributed by atoms with E-state index in [-0.39, 0.29) is 11.4 Å². The van der Waals surface area contributed by atoms with Crippen LogP contribution in [0.2, 0.25) is 5.02 Å². The summed E-state index contributed by atoms with van der Waals surface area (Å²) in [6, 6.07) is 14.0. The van der Waals surface area contributed by atoms with E-state index in [0.29, 0.717) is 34.7 Å². The number of carboxylic acid groups (broad SMARTS) is 1. The van der Waals surface area contributed by atoms with Gasteiger partial charge in [-0.3, -0.25) is 0 Å². The van der Waals surface area contributed by atoms with Crippen LogP contribution in [0.5, 0.6) is 0 Å². The van der Waals surface area contributed by atoms with E-state index in [9.17, 15) is 4.79 Å². The van der Waals surface area contributed by atoms with Crippen LogP contribution < -0.4 is 5.32 Å². The van der Waals surface area contributed by atoms with Crippen molar-refractivity contribution in [2.24, 2.45) is 0 Å². The number of hydrogen-bond acceptors (Lipinski definition) is 5. The second-order valence-electron chi connectivity index (χ2n) is 5.31. The molecule has 0 saturated carbocycles. The molecule has 0 spiro atoms. The number of carboxylic acids is 1. The molecule has 0 fully saturated rings. The van der Waals surface area contributed by atoms with Crippen molar-refractivity contribution < 1.29 is 9.90 Å². The van der Waals surface area contributed by atoms with Crippen molar-refractivity contribution in [3.05, 3.63) is 64.4 Å². The van der Waals surface area contributed by atoms with Crippen LogP contribution in [0.25, 0.3) is 10.9 Å². The number of carbonyl (C=O) groups is 1. The molecule has 1 heterocycles. The fourth-order valence-corrected chi connectivity index (χ4v) is 2.69. The molecule has 0 aliphatic heterocycles. The van der Waals surface area contributed by atoms with E-state index in [1.165, 1.54) is 12.1 Å². The minimum Gasteiger partial charge on any atom is -0.478 e. The highest BCUT2D eigenvalue weighted by molar-refractivity contribution is 6.31. The average molecular weight is 353 g/mol. The molecule has 3 rings (SSSR count). The summed E-state index contributed by atoms with van der Waals surface area (Å²) in [7, 11) is 0. The summed E-state index contributed by atoms with van der Waals surface area (Å²) in [6.45, 7) is 0.526. The van der Waals surface area contributed by atoms with Gasteiger partial charge in [0.05, 0.1) is 11.1 Å². The highest BCUT2D eigenvalue weighted by atomic mass is 35.5. The first-order valence-corrected chi connectivity index (χ1v) is 7.89. The van der Waals surface area contributed by atoms with Gasteiger partial charge < -0.3 is 10.4 Å². The molecule has 2 N–H and O–H groups in total. The lowest BCUT2D eigenvalue weighted by Gasteiger charge is -2.10. The Balaban J connectivity index is 1.90. The summed E-state index contributed by atoms with van der Waals surface area (Å²) in [6.07, 6.45) is 0.658. The van der Waals surface area contributed by atoms with Gasteiger partial charge in [0, 0.05) is 17.0 Å². The average Bonchev–Trinajstić information content (AvgIpc) is 2.62. The molecule has 0 atom stereocenters. The molecular weight excluding hydrogens is 340 g/mol. The van der Waals surface area contributed by atoms with Crippen molar-refractivity contribution in [2.75, 3.05) is 11.9 Å². The van der Waals surface area contributed by atoms with Crippen LogP contribution in [-0.2, 0) is 6.42 Å². The molecule has 0 aliphatic carbocycles. The van der Waals surface area contributed by atoms with E-state index in [1.54, 1.807) is 6.07 Å². The summed E-state index contributed by atoms with van der Waals surface area (Å²) in [4.78, 5) is 19.5. The normalized spacial score (nSPS) is 10.4. The predicted octanol–water partition coefficient (Wildman–Crippen LogP) is 3.51. The Kier molecular flexibility index (Phi) is 4.78. The third-order valence-electron chi connectivity index (χ3n) is 3.69. The number of halogens is 1. The first-order valence-electron chi connectivity index (χ1n) is 7.51. The number of hydrogen-bond donors (Lipinski definition) is 2. The third kappa shape index (κ3) is 3.67. The molecule has 0 unspecified atom stereocenters. The number of nitriles is 1. The van der Waals surface area contributed by atoms with Crippen LogP contribution in [-0.4, -0.2) is 27.6 Å². The summed E-state index contributed by atoms with van der Waals surface area (Å²) in [5.74, 6) is -0.583. The van der Waals surface area contributed by atoms with E-state index >= 15 is 0 Å². The summed E-state index contributed by atoms with van der Waals surface area (Å²) < 4.78 is 0. The number of fused-ring (bicyclic) bond motifs is 1. The summed E-state index contributed by atoms with van der Waals surface area (Å²) in [5.41, 5.74) is 1.63. The van der Waals surface area contributed by atoms with Crippen LogP contribution in [0.1, 0.15) is 21.7 Å². The van der Waals surface area contributed by atoms with E-state index in [2.05, 4.69) is 15.3 Å². The Morgan fingerprint density at radius 1 is 1.24 bits per heavy atom. The van der Waals surface area contributed by atoms with Crippen molar-refractivity contribution in [2.45, 2.75) is 6.42 Å². The molecule has 1 aromatic heterocycles. The van der Waals surface area contributed by atoms with E-state index in [0.717, 1.165) is 5.56 Å². The zero-order valence-electron chi connectivity index (χ0n) is 13.0. The standard InChI is InChI=1S/C18H13ClN4O2/c19-14-4-2-1-3-11(14)7-8-21-17-13-9-12(18(24)25)5-6-15(13)22-16(10-20)23-17/h1-6,9H,7-8H2,(H,24,25)(H,21,22,23). The molecule has 0 aliphatic rings. The highest BCUT2D eigenvalue weighted by Crippen LogP contribution is 2.22. The van der Waals surface area contributed by atoms with Crippen LogP contribution in [0.3, 0.4) is 0 Å². The molecule has 0 radical (unpaired) electrons. The van der Waals surface area contributed by atoms with Crippen molar-refractivity contribution in [3.63, 3.8) is 0 Å². The molecule has 25 heavy (non-hydrogen) atoms. The maximum Gasteiger partial charge on any atom is 0.335 e. The monoisotopic (exact) mass is 352 g/mol. The largest absolute Gasteiger partial charge is 0.478 e. The van der Waals surface area contributed by atoms with Crippen LogP contribution in [0.4, 0.5) is 5.82 Å². The molecule has 0 amide bonds. The van der Waals surface area contributed by atoms with Gasteiger partial charge in [0.2, 0.25) is 5.82 Å². The van der Waals surface area contributed by atoms with Crippen molar-refractivity contribution in [3.8, 4) is 6.07 Å². The van der Waals surface area contributed by atoms with Gasteiger partial charge in [-0.2, -0.15) is 5.26 Å². The number of benzene rings is 2. The minimum atomic E-state index is -1.03. The van der Waals surface area contributed by atoms with Crippen LogP contribution in [0, 0.1) is 11.3 Å². The van der Waals surface area contributed by atoms with Gasteiger partial charge in [0.1, 0.15) is 11.9 Å². The SMILES string of the molecule is N#Cc1nc(NCCc2ccccc2Cl)c2cc(C(=O)O)ccc2n1. The maximum atomic E-state index is 11.2. The van der Waals surface area contributed by atoms with Gasteiger partial charge >= 0.3 is 5.97 Å². The van der Waals surface area contributed by atoms with E-state index < -0.39 is 5.97 Å². The summed E-state index contributed by atoms with van der Waals surface area (Å²) >= 11 is 6.14. The third-order valence-corrected chi connectivity index (χ3v) is 4.06. The van der Waals surface area contributed by atoms with Gasteiger partial charge in [-0.15, -0.1) is 0 Å². The number of nitrogens with one attached hydrogen (secondary N) is 1. The smallest absolute Gasteiger partial charge is 0.335 e. The highest BCUT2D eigenvalue weighted by Gasteiger charge is 2.11. The quantitative estimate of drug-likeness (QED) is 0.729. The van der Waals surface area contributed by atoms with Crippen LogP contribution >= 0.6 is 11.6 Å². The lowest BCUT2D eigenvalue weighted by Crippen LogP contribution is -2.09. The van der Waals surface area contributed by atoms with Gasteiger partial charge in [0.15, 0.2) is 0 Å². The van der Waals surface area contributed by atoms with Gasteiger partial charge in [-0.05, 0) is 36.2 Å². The zero-order valence-corrected chi connectivity index (χ0v) is 13.8. The Bertz CT molecular complexity index is 998. The Labute approximate surface area is 148 Å². The van der Waals surface area contributed by atoms with Crippen LogP contribution in [0.15, 0.2) is 42.5 Å². The Hall–Kier alpha value is -3.17. The first-order chi connectivity index (χ1) is 12.1. The van der Waals surface area contributed by atoms with Gasteiger partial charge in [-0.1, -0.05) is 29.8 Å². The molecule has 6 nitrogen and oxygen atoms in total. The fraction of sp³-hybridized carbons (Fsp3) is 0.111. The minimum absolute atomic E-state index is 0.0239. The maximum absolute atomic E-state index is 11.2. The van der Waals surface area contributed by atoms with E-state index in [1.807, 2.05) is 30.3 Å². The lowest BCUT2D eigenvalue weighted by molar-refractivity contribution is 0.0697. The Morgan fingerprint density at radius 3 is 2.76 bits per heavy atom. The van der Waals surface area contributed by atoms with Gasteiger partial charge in [-0.25, -0.2) is 14.8 Å². The molecule has 3 aromatic rings. The second kappa shape index (κ2) is 7.16. The van der Waals surface area contributed by atoms with Crippen molar-refractivity contribution in [1.82, 2.24) is 9.97 Å². The molecule has 0 bridgehead atoms. The number of aromatic nitrogens is 2. The number of aromatic carboxylic acids is 1. The Morgan fingerprint density at radius 2 is 2.04 bits per heavy atom. The molecular formula is C18H13ClN4O2. The van der Waals surface area contributed by atoms with Crippen molar-refractivity contribution >= 4 is 34.3 Å². The second-order valence-corrected chi connectivity index (χ2v) is 5.72. The number of nitrogens with zero attached hydrogens (tertiary/aromatic N) is 3. The molecule has 0 saturated heterocycles. The molecule has 124 valence electrons. The molecule has 2 aromatic carbocycles. The van der Waals surface area contributed by atoms with Gasteiger partial charge in [0.25, 0.3) is 0 Å². The predicted molar refractivity (Wildman–Crippen MR) is 94.9 cm³/mol. The zero-order chi connectivity index (χ0) is 17.8. The number of anilines is 1. The van der Waals surface area contributed by atoms with E-state index in [4.69, 9.17) is 22.0 Å².